The molecule has 1 fully saturated rings. The lowest BCUT2D eigenvalue weighted by Crippen LogP contribution is -2.37. The van der Waals surface area contributed by atoms with Gasteiger partial charge in [0.15, 0.2) is 0 Å². The molecule has 2 heteroatoms. The van der Waals surface area contributed by atoms with Crippen LogP contribution in [0, 0.1) is 11.8 Å². The predicted molar refractivity (Wildman–Crippen MR) is 95.5 cm³/mol. The van der Waals surface area contributed by atoms with E-state index in [2.05, 4.69) is 42.9 Å². The third-order valence-corrected chi connectivity index (χ3v) is 4.41. The number of hydrogen-bond acceptors (Lipinski definition) is 2. The molecule has 0 saturated carbocycles. The molecule has 0 aromatic carbocycles. The summed E-state index contributed by atoms with van der Waals surface area (Å²) in [5.74, 6) is 1.58. The highest BCUT2D eigenvalue weighted by atomic mass is 14.9. The summed E-state index contributed by atoms with van der Waals surface area (Å²) in [5, 5.41) is 3.50. The highest BCUT2D eigenvalue weighted by Gasteiger charge is 2.26. The van der Waals surface area contributed by atoms with Crippen LogP contribution in [0.3, 0.4) is 0 Å². The summed E-state index contributed by atoms with van der Waals surface area (Å²) < 4.78 is 0. The van der Waals surface area contributed by atoms with E-state index < -0.39 is 0 Å². The highest BCUT2D eigenvalue weighted by molar-refractivity contribution is 5.66. The van der Waals surface area contributed by atoms with Crippen LogP contribution in [0.1, 0.15) is 38.7 Å². The van der Waals surface area contributed by atoms with E-state index in [1.54, 1.807) is 0 Å². The second-order valence-electron chi connectivity index (χ2n) is 6.26. The number of allylic oxidation sites excluding steroid dienone is 4. The van der Waals surface area contributed by atoms with Crippen LogP contribution in [0.2, 0.25) is 0 Å². The first kappa shape index (κ1) is 16.7. The summed E-state index contributed by atoms with van der Waals surface area (Å²) in [6.07, 6.45) is 13.8. The molecule has 1 aromatic rings. The van der Waals surface area contributed by atoms with E-state index >= 15 is 0 Å². The largest absolute Gasteiger partial charge is 0.316 e. The van der Waals surface area contributed by atoms with E-state index in [9.17, 15) is 0 Å². The molecule has 1 aromatic heterocycles. The number of aromatic nitrogens is 1. The summed E-state index contributed by atoms with van der Waals surface area (Å²) in [5.41, 5.74) is 4.20. The molecule has 118 valence electrons. The second-order valence-corrected chi connectivity index (χ2v) is 6.26. The molecule has 1 aliphatic carbocycles. The Balaban J connectivity index is 0.000000217. The number of piperidine rings is 1. The number of rotatable bonds is 3. The molecule has 2 nitrogen and oxygen atoms in total. The van der Waals surface area contributed by atoms with Gasteiger partial charge >= 0.3 is 0 Å². The van der Waals surface area contributed by atoms with Gasteiger partial charge in [-0.1, -0.05) is 43.4 Å². The Morgan fingerprint density at radius 1 is 1.45 bits per heavy atom. The van der Waals surface area contributed by atoms with Gasteiger partial charge in [-0.05, 0) is 61.8 Å². The first-order valence-electron chi connectivity index (χ1n) is 8.33. The van der Waals surface area contributed by atoms with Crippen molar-refractivity contribution in [2.45, 2.75) is 33.1 Å². The number of fused-ring (bicyclic) bond motifs is 2. The Bertz CT molecular complexity index is 528. The Morgan fingerprint density at radius 3 is 2.91 bits per heavy atom. The normalized spacial score (nSPS) is 23.9. The van der Waals surface area contributed by atoms with Crippen LogP contribution < -0.4 is 5.32 Å². The fourth-order valence-electron chi connectivity index (χ4n) is 3.10. The van der Waals surface area contributed by atoms with Crippen molar-refractivity contribution >= 4 is 5.57 Å². The Kier molecular flexibility index (Phi) is 6.60. The van der Waals surface area contributed by atoms with Crippen molar-refractivity contribution < 1.29 is 0 Å². The van der Waals surface area contributed by atoms with Gasteiger partial charge in [0, 0.05) is 18.9 Å². The standard InChI is InChI=1S/C13H16N2.C7H12/c1-2-12(9-14-3-1)13-5-10-4-11(6-13)8-15-7-10;1-4-6-7(3)5-2/h1-3,5,9-11,15H,4,6-8H2;4,6H,1,5H2,2-3H3/b;7-6+. The first-order valence-corrected chi connectivity index (χ1v) is 8.33. The Labute approximate surface area is 135 Å². The summed E-state index contributed by atoms with van der Waals surface area (Å²) in [6, 6.07) is 4.20. The Hall–Kier alpha value is -1.67. The topological polar surface area (TPSA) is 24.9 Å². The molecule has 0 radical (unpaired) electrons. The van der Waals surface area contributed by atoms with Crippen molar-refractivity contribution in [2.75, 3.05) is 13.1 Å². The smallest absolute Gasteiger partial charge is 0.0342 e. The van der Waals surface area contributed by atoms with Gasteiger partial charge in [-0.2, -0.15) is 0 Å². The minimum Gasteiger partial charge on any atom is -0.316 e. The minimum absolute atomic E-state index is 0.743. The SMILES string of the molecule is C1=C(c2cccnc2)CC2CNCC1C2.C=C/C=C(\C)CC. The van der Waals surface area contributed by atoms with Crippen molar-refractivity contribution in [3.63, 3.8) is 0 Å². The molecule has 0 spiro atoms. The van der Waals surface area contributed by atoms with Crippen LogP contribution in [0.25, 0.3) is 5.57 Å². The molecule has 2 atom stereocenters. The zero-order valence-corrected chi connectivity index (χ0v) is 13.9. The van der Waals surface area contributed by atoms with Crippen LogP contribution >= 0.6 is 0 Å². The Morgan fingerprint density at radius 2 is 2.32 bits per heavy atom. The fraction of sp³-hybridized carbons (Fsp3) is 0.450. The van der Waals surface area contributed by atoms with E-state index in [4.69, 9.17) is 0 Å². The maximum Gasteiger partial charge on any atom is 0.0342 e. The van der Waals surface area contributed by atoms with E-state index in [0.29, 0.717) is 0 Å². The number of hydrogen-bond donors (Lipinski definition) is 1. The molecule has 3 rings (SSSR count). The van der Waals surface area contributed by atoms with E-state index in [1.165, 1.54) is 36.1 Å². The molecule has 1 saturated heterocycles. The van der Waals surface area contributed by atoms with Crippen LogP contribution in [0.4, 0.5) is 0 Å². The van der Waals surface area contributed by atoms with Crippen molar-refractivity contribution in [3.8, 4) is 0 Å². The molecule has 0 amide bonds. The lowest BCUT2D eigenvalue weighted by Gasteiger charge is -2.34. The summed E-state index contributed by atoms with van der Waals surface area (Å²) in [7, 11) is 0. The van der Waals surface area contributed by atoms with Crippen LogP contribution in [0.15, 0.2) is 54.9 Å². The maximum atomic E-state index is 4.20. The summed E-state index contributed by atoms with van der Waals surface area (Å²) in [6.45, 7) is 10.1. The van der Waals surface area contributed by atoms with Gasteiger partial charge in [-0.3, -0.25) is 4.98 Å². The molecule has 1 N–H and O–H groups in total. The third kappa shape index (κ3) is 4.96. The molecule has 2 unspecified atom stereocenters. The molecule has 2 heterocycles. The highest BCUT2D eigenvalue weighted by Crippen LogP contribution is 2.34. The molecule has 2 aliphatic rings. The van der Waals surface area contributed by atoms with E-state index in [0.717, 1.165) is 24.8 Å². The van der Waals surface area contributed by atoms with Crippen molar-refractivity contribution in [2.24, 2.45) is 11.8 Å². The zero-order valence-electron chi connectivity index (χ0n) is 13.9. The van der Waals surface area contributed by atoms with Crippen LogP contribution in [0.5, 0.6) is 0 Å². The maximum absolute atomic E-state index is 4.20. The van der Waals surface area contributed by atoms with Crippen LogP contribution in [-0.2, 0) is 0 Å². The van der Waals surface area contributed by atoms with Gasteiger partial charge in [0.05, 0.1) is 0 Å². The second kappa shape index (κ2) is 8.70. The first-order chi connectivity index (χ1) is 10.7. The minimum atomic E-state index is 0.743. The van der Waals surface area contributed by atoms with Gasteiger partial charge in [0.2, 0.25) is 0 Å². The number of nitrogens with zero attached hydrogens (tertiary/aromatic N) is 1. The van der Waals surface area contributed by atoms with Gasteiger partial charge in [0.1, 0.15) is 0 Å². The van der Waals surface area contributed by atoms with Gasteiger partial charge in [-0.15, -0.1) is 0 Å². The molecule has 1 aliphatic heterocycles. The molecule has 22 heavy (non-hydrogen) atoms. The van der Waals surface area contributed by atoms with Crippen molar-refractivity contribution in [1.82, 2.24) is 10.3 Å². The molecule has 2 bridgehead atoms. The lowest BCUT2D eigenvalue weighted by atomic mass is 9.78. The average molecular weight is 296 g/mol. The summed E-state index contributed by atoms with van der Waals surface area (Å²) >= 11 is 0. The molecular weight excluding hydrogens is 268 g/mol. The van der Waals surface area contributed by atoms with Gasteiger partial charge in [-0.25, -0.2) is 0 Å². The van der Waals surface area contributed by atoms with E-state index in [1.807, 2.05) is 30.6 Å². The number of nitrogens with one attached hydrogen (secondary N) is 1. The van der Waals surface area contributed by atoms with Crippen molar-refractivity contribution in [3.05, 3.63) is 60.5 Å². The third-order valence-electron chi connectivity index (χ3n) is 4.41. The average Bonchev–Trinajstić information content (AvgIpc) is 2.56. The number of pyridine rings is 1. The van der Waals surface area contributed by atoms with E-state index in [-0.39, 0.29) is 0 Å². The molecular formula is C20H28N2. The predicted octanol–water partition coefficient (Wildman–Crippen LogP) is 4.62. The lowest BCUT2D eigenvalue weighted by molar-refractivity contribution is 0.317. The summed E-state index contributed by atoms with van der Waals surface area (Å²) in [4.78, 5) is 4.20. The van der Waals surface area contributed by atoms with Gasteiger partial charge < -0.3 is 5.32 Å². The zero-order chi connectivity index (χ0) is 15.8. The monoisotopic (exact) mass is 296 g/mol. The van der Waals surface area contributed by atoms with Crippen molar-refractivity contribution in [1.29, 1.82) is 0 Å². The fourth-order valence-corrected chi connectivity index (χ4v) is 3.10. The van der Waals surface area contributed by atoms with Crippen LogP contribution in [-0.4, -0.2) is 18.1 Å². The van der Waals surface area contributed by atoms with Gasteiger partial charge in [0.25, 0.3) is 0 Å². The quantitative estimate of drug-likeness (QED) is 0.823.